The summed E-state index contributed by atoms with van der Waals surface area (Å²) in [5.41, 5.74) is 0.597. The second-order valence-corrected chi connectivity index (χ2v) is 4.54. The monoisotopic (exact) mass is 301 g/mol. The van der Waals surface area contributed by atoms with Crippen LogP contribution in [0.3, 0.4) is 0 Å². The van der Waals surface area contributed by atoms with E-state index in [0.717, 1.165) is 0 Å². The minimum atomic E-state index is -0.468. The standard InChI is InChI=1S/C16H15NO5/c1-21-11-10-16(18)12-2-6-14(7-3-12)22-15-8-4-13(5-9-15)17(19)20/h2-9H,10-11H2,1H3. The van der Waals surface area contributed by atoms with Crippen molar-refractivity contribution in [1.82, 2.24) is 0 Å². The average molecular weight is 301 g/mol. The minimum absolute atomic E-state index is 0.00346. The van der Waals surface area contributed by atoms with E-state index in [0.29, 0.717) is 30.1 Å². The summed E-state index contributed by atoms with van der Waals surface area (Å²) < 4.78 is 10.4. The van der Waals surface area contributed by atoms with E-state index in [9.17, 15) is 14.9 Å². The number of ketones is 1. The maximum Gasteiger partial charge on any atom is 0.269 e. The summed E-state index contributed by atoms with van der Waals surface area (Å²) in [7, 11) is 1.55. The maximum absolute atomic E-state index is 11.8. The van der Waals surface area contributed by atoms with Gasteiger partial charge in [-0.3, -0.25) is 14.9 Å². The molecule has 6 nitrogen and oxygen atoms in total. The van der Waals surface area contributed by atoms with Gasteiger partial charge >= 0.3 is 0 Å². The van der Waals surface area contributed by atoms with E-state index in [1.165, 1.54) is 24.3 Å². The number of Topliss-reactive ketones (excluding diaryl/α,β-unsaturated/α-hetero) is 1. The first-order valence-corrected chi connectivity index (χ1v) is 6.64. The Kier molecular flexibility index (Phi) is 5.21. The van der Waals surface area contributed by atoms with Crippen LogP contribution in [0, 0.1) is 10.1 Å². The van der Waals surface area contributed by atoms with Crippen molar-refractivity contribution < 1.29 is 19.2 Å². The molecule has 22 heavy (non-hydrogen) atoms. The summed E-state index contributed by atoms with van der Waals surface area (Å²) in [6, 6.07) is 12.5. The fourth-order valence-electron chi connectivity index (χ4n) is 1.82. The number of hydrogen-bond acceptors (Lipinski definition) is 5. The number of nitro groups is 1. The molecular formula is C16H15NO5. The second-order valence-electron chi connectivity index (χ2n) is 4.54. The van der Waals surface area contributed by atoms with Gasteiger partial charge in [-0.25, -0.2) is 0 Å². The Morgan fingerprint density at radius 2 is 1.59 bits per heavy atom. The van der Waals surface area contributed by atoms with Crippen molar-refractivity contribution in [2.75, 3.05) is 13.7 Å². The molecule has 2 aromatic carbocycles. The van der Waals surface area contributed by atoms with Gasteiger partial charge in [-0.1, -0.05) is 0 Å². The number of hydrogen-bond donors (Lipinski definition) is 0. The van der Waals surface area contributed by atoms with Crippen molar-refractivity contribution in [3.8, 4) is 11.5 Å². The van der Waals surface area contributed by atoms with Crippen molar-refractivity contribution in [3.63, 3.8) is 0 Å². The highest BCUT2D eigenvalue weighted by Gasteiger charge is 2.07. The van der Waals surface area contributed by atoms with Crippen LogP contribution in [0.1, 0.15) is 16.8 Å². The fourth-order valence-corrected chi connectivity index (χ4v) is 1.82. The lowest BCUT2D eigenvalue weighted by atomic mass is 10.1. The van der Waals surface area contributed by atoms with Crippen molar-refractivity contribution in [3.05, 3.63) is 64.2 Å². The van der Waals surface area contributed by atoms with E-state index in [1.807, 2.05) is 0 Å². The molecule has 0 N–H and O–H groups in total. The summed E-state index contributed by atoms with van der Waals surface area (Å²) in [6.45, 7) is 0.389. The van der Waals surface area contributed by atoms with Gasteiger partial charge in [0.15, 0.2) is 5.78 Å². The van der Waals surface area contributed by atoms with Gasteiger partial charge in [-0.2, -0.15) is 0 Å². The molecule has 6 heteroatoms. The molecular weight excluding hydrogens is 286 g/mol. The molecule has 0 aliphatic heterocycles. The smallest absolute Gasteiger partial charge is 0.269 e. The first-order chi connectivity index (χ1) is 10.6. The first-order valence-electron chi connectivity index (χ1n) is 6.64. The zero-order valence-corrected chi connectivity index (χ0v) is 12.0. The van der Waals surface area contributed by atoms with Gasteiger partial charge in [0.2, 0.25) is 0 Å². The molecule has 0 aliphatic carbocycles. The lowest BCUT2D eigenvalue weighted by Gasteiger charge is -2.06. The number of rotatable bonds is 7. The lowest BCUT2D eigenvalue weighted by molar-refractivity contribution is -0.384. The number of benzene rings is 2. The van der Waals surface area contributed by atoms with Gasteiger partial charge < -0.3 is 9.47 Å². The molecule has 0 saturated heterocycles. The summed E-state index contributed by atoms with van der Waals surface area (Å²) in [6.07, 6.45) is 0.332. The van der Waals surface area contributed by atoms with Crippen molar-refractivity contribution in [1.29, 1.82) is 0 Å². The molecule has 0 fully saturated rings. The summed E-state index contributed by atoms with van der Waals surface area (Å²) >= 11 is 0. The molecule has 2 aromatic rings. The molecule has 0 saturated carbocycles. The third kappa shape index (κ3) is 4.13. The van der Waals surface area contributed by atoms with Gasteiger partial charge in [-0.05, 0) is 36.4 Å². The number of carbonyl (C=O) groups excluding carboxylic acids is 1. The highest BCUT2D eigenvalue weighted by Crippen LogP contribution is 2.24. The van der Waals surface area contributed by atoms with E-state index < -0.39 is 4.92 Å². The third-order valence-electron chi connectivity index (χ3n) is 2.99. The molecule has 0 bridgehead atoms. The van der Waals surface area contributed by atoms with E-state index in [2.05, 4.69) is 0 Å². The fraction of sp³-hybridized carbons (Fsp3) is 0.188. The van der Waals surface area contributed by atoms with Crippen LogP contribution in [0.2, 0.25) is 0 Å². The van der Waals surface area contributed by atoms with Crippen molar-refractivity contribution in [2.24, 2.45) is 0 Å². The van der Waals surface area contributed by atoms with Gasteiger partial charge in [-0.15, -0.1) is 0 Å². The Morgan fingerprint density at radius 1 is 1.05 bits per heavy atom. The summed E-state index contributed by atoms with van der Waals surface area (Å²) in [5, 5.41) is 10.6. The second kappa shape index (κ2) is 7.33. The molecule has 0 spiro atoms. The molecule has 0 unspecified atom stereocenters. The van der Waals surface area contributed by atoms with Gasteiger partial charge in [0, 0.05) is 31.2 Å². The first kappa shape index (κ1) is 15.7. The van der Waals surface area contributed by atoms with E-state index in [1.54, 1.807) is 31.4 Å². The van der Waals surface area contributed by atoms with Gasteiger partial charge in [0.1, 0.15) is 11.5 Å². The lowest BCUT2D eigenvalue weighted by Crippen LogP contribution is -2.02. The highest BCUT2D eigenvalue weighted by atomic mass is 16.6. The summed E-state index contributed by atoms with van der Waals surface area (Å²) in [4.78, 5) is 21.9. The Balaban J connectivity index is 2.01. The van der Waals surface area contributed by atoms with E-state index in [4.69, 9.17) is 9.47 Å². The largest absolute Gasteiger partial charge is 0.457 e. The van der Waals surface area contributed by atoms with E-state index in [-0.39, 0.29) is 11.5 Å². The van der Waals surface area contributed by atoms with Crippen LogP contribution >= 0.6 is 0 Å². The highest BCUT2D eigenvalue weighted by molar-refractivity contribution is 5.96. The Labute approximate surface area is 127 Å². The topological polar surface area (TPSA) is 78.7 Å². The Morgan fingerprint density at radius 3 is 2.09 bits per heavy atom. The molecule has 0 amide bonds. The number of non-ortho nitro benzene ring substituents is 1. The number of nitro benzene ring substituents is 1. The number of nitrogens with zero attached hydrogens (tertiary/aromatic N) is 1. The number of methoxy groups -OCH3 is 1. The van der Waals surface area contributed by atoms with Crippen LogP contribution in [0.25, 0.3) is 0 Å². The van der Waals surface area contributed by atoms with Crippen LogP contribution in [0.5, 0.6) is 11.5 Å². The van der Waals surface area contributed by atoms with Crippen LogP contribution in [-0.2, 0) is 4.74 Å². The average Bonchev–Trinajstić information content (AvgIpc) is 2.54. The van der Waals surface area contributed by atoms with Crippen molar-refractivity contribution in [2.45, 2.75) is 6.42 Å². The van der Waals surface area contributed by atoms with Crippen LogP contribution in [0.4, 0.5) is 5.69 Å². The van der Waals surface area contributed by atoms with Gasteiger partial charge in [0.05, 0.1) is 11.5 Å². The van der Waals surface area contributed by atoms with Crippen LogP contribution in [0.15, 0.2) is 48.5 Å². The number of carbonyl (C=O) groups is 1. The molecule has 0 heterocycles. The quantitative estimate of drug-likeness (QED) is 0.443. The number of ether oxygens (including phenoxy) is 2. The maximum atomic E-state index is 11.8. The zero-order chi connectivity index (χ0) is 15.9. The van der Waals surface area contributed by atoms with Crippen molar-refractivity contribution >= 4 is 11.5 Å². The molecule has 2 rings (SSSR count). The molecule has 0 atom stereocenters. The normalized spacial score (nSPS) is 10.2. The van der Waals surface area contributed by atoms with E-state index >= 15 is 0 Å². The molecule has 0 aliphatic rings. The van der Waals surface area contributed by atoms with Gasteiger partial charge in [0.25, 0.3) is 5.69 Å². The zero-order valence-electron chi connectivity index (χ0n) is 12.0. The Bertz CT molecular complexity index is 649. The molecule has 0 radical (unpaired) electrons. The van der Waals surface area contributed by atoms with Crippen LogP contribution < -0.4 is 4.74 Å². The Hall–Kier alpha value is -2.73. The summed E-state index contributed by atoms with van der Waals surface area (Å²) in [5.74, 6) is 1.05. The minimum Gasteiger partial charge on any atom is -0.457 e. The third-order valence-corrected chi connectivity index (χ3v) is 2.99. The predicted molar refractivity (Wildman–Crippen MR) is 80.4 cm³/mol. The SMILES string of the molecule is COCCC(=O)c1ccc(Oc2ccc([N+](=O)[O-])cc2)cc1. The predicted octanol–water partition coefficient (Wildman–Crippen LogP) is 3.61. The molecule has 0 aromatic heterocycles. The molecule has 114 valence electrons. The van der Waals surface area contributed by atoms with Crippen LogP contribution in [-0.4, -0.2) is 24.4 Å².